The minimum atomic E-state index is -3.67. The van der Waals surface area contributed by atoms with Crippen molar-refractivity contribution in [3.05, 3.63) is 17.6 Å². The molecule has 2 atom stereocenters. The van der Waals surface area contributed by atoms with Crippen LogP contribution in [0.15, 0.2) is 15.4 Å². The molecule has 2 unspecified atom stereocenters. The molecule has 22 heavy (non-hydrogen) atoms. The van der Waals surface area contributed by atoms with Crippen LogP contribution < -0.4 is 5.32 Å². The molecule has 2 aliphatic rings. The lowest BCUT2D eigenvalue weighted by Crippen LogP contribution is -2.39. The van der Waals surface area contributed by atoms with E-state index in [1.165, 1.54) is 17.5 Å². The van der Waals surface area contributed by atoms with Crippen molar-refractivity contribution >= 4 is 16.0 Å². The summed E-state index contributed by atoms with van der Waals surface area (Å²) in [5.41, 5.74) is 0. The summed E-state index contributed by atoms with van der Waals surface area (Å²) >= 11 is 0. The molecule has 7 nitrogen and oxygen atoms in total. The third-order valence-corrected chi connectivity index (χ3v) is 6.34. The first-order valence-corrected chi connectivity index (χ1v) is 8.80. The Morgan fingerprint density at radius 3 is 2.82 bits per heavy atom. The minimum Gasteiger partial charge on any atom is -0.463 e. The maximum atomic E-state index is 12.8. The number of hydrogen-bond donors (Lipinski definition) is 1. The highest BCUT2D eigenvalue weighted by molar-refractivity contribution is 7.89. The Hall–Kier alpha value is -1.38. The molecular formula is C14H20N2O5S. The Kier molecular flexibility index (Phi) is 4.00. The van der Waals surface area contributed by atoms with E-state index in [4.69, 9.17) is 4.42 Å². The molecular weight excluding hydrogens is 308 g/mol. The minimum absolute atomic E-state index is 0.0469. The number of carbonyl (C=O) groups is 1. The Bertz CT molecular complexity index is 681. The van der Waals surface area contributed by atoms with E-state index in [1.54, 1.807) is 6.92 Å². The fourth-order valence-electron chi connectivity index (χ4n) is 3.19. The van der Waals surface area contributed by atoms with Gasteiger partial charge in [0.25, 0.3) is 0 Å². The Morgan fingerprint density at radius 1 is 1.36 bits per heavy atom. The zero-order valence-corrected chi connectivity index (χ0v) is 13.5. The first-order chi connectivity index (χ1) is 10.4. The molecule has 122 valence electrons. The SMILES string of the molecule is COC(=O)c1cc(S(=O)(=O)N2CCC3CCC(C2)N3)c(C)o1. The van der Waals surface area contributed by atoms with E-state index in [9.17, 15) is 13.2 Å². The van der Waals surface area contributed by atoms with Crippen molar-refractivity contribution in [2.45, 2.75) is 43.2 Å². The van der Waals surface area contributed by atoms with E-state index in [0.717, 1.165) is 19.3 Å². The average Bonchev–Trinajstić information content (AvgIpc) is 3.00. The van der Waals surface area contributed by atoms with Crippen molar-refractivity contribution in [3.8, 4) is 0 Å². The van der Waals surface area contributed by atoms with Gasteiger partial charge in [-0.05, 0) is 26.2 Å². The molecule has 0 amide bonds. The number of rotatable bonds is 3. The molecule has 2 bridgehead atoms. The molecule has 1 aromatic heterocycles. The van der Waals surface area contributed by atoms with Crippen LogP contribution in [0.1, 0.15) is 35.6 Å². The fraction of sp³-hybridized carbons (Fsp3) is 0.643. The van der Waals surface area contributed by atoms with E-state index in [2.05, 4.69) is 10.1 Å². The summed E-state index contributed by atoms with van der Waals surface area (Å²) in [6.45, 7) is 2.48. The number of fused-ring (bicyclic) bond motifs is 2. The van der Waals surface area contributed by atoms with Crippen molar-refractivity contribution in [1.82, 2.24) is 9.62 Å². The number of carbonyl (C=O) groups excluding carboxylic acids is 1. The van der Waals surface area contributed by atoms with Crippen molar-refractivity contribution in [3.63, 3.8) is 0 Å². The second-order valence-corrected chi connectivity index (χ2v) is 7.72. The molecule has 0 aromatic carbocycles. The van der Waals surface area contributed by atoms with Crippen molar-refractivity contribution in [1.29, 1.82) is 0 Å². The van der Waals surface area contributed by atoms with Crippen LogP contribution in [0.25, 0.3) is 0 Å². The normalized spacial score (nSPS) is 25.9. The van der Waals surface area contributed by atoms with Gasteiger partial charge in [0.05, 0.1) is 7.11 Å². The molecule has 2 aliphatic heterocycles. The number of hydrogen-bond acceptors (Lipinski definition) is 6. The predicted octanol–water partition coefficient (Wildman–Crippen LogP) is 0.890. The molecule has 3 rings (SSSR count). The predicted molar refractivity (Wildman–Crippen MR) is 78.1 cm³/mol. The van der Waals surface area contributed by atoms with Gasteiger partial charge in [-0.15, -0.1) is 0 Å². The average molecular weight is 328 g/mol. The van der Waals surface area contributed by atoms with Crippen LogP contribution in [-0.2, 0) is 14.8 Å². The Labute approximate surface area is 129 Å². The molecule has 0 spiro atoms. The summed E-state index contributed by atoms with van der Waals surface area (Å²) in [4.78, 5) is 11.6. The summed E-state index contributed by atoms with van der Waals surface area (Å²) in [7, 11) is -2.44. The Morgan fingerprint density at radius 2 is 2.09 bits per heavy atom. The monoisotopic (exact) mass is 328 g/mol. The molecule has 0 saturated carbocycles. The first kappa shape index (κ1) is 15.5. The van der Waals surface area contributed by atoms with Gasteiger partial charge < -0.3 is 14.5 Å². The largest absolute Gasteiger partial charge is 0.463 e. The Balaban J connectivity index is 1.89. The number of ether oxygens (including phenoxy) is 1. The quantitative estimate of drug-likeness (QED) is 0.829. The maximum absolute atomic E-state index is 12.8. The van der Waals surface area contributed by atoms with E-state index < -0.39 is 16.0 Å². The number of nitrogens with one attached hydrogen (secondary N) is 1. The lowest BCUT2D eigenvalue weighted by atomic mass is 10.1. The maximum Gasteiger partial charge on any atom is 0.373 e. The molecule has 8 heteroatoms. The molecule has 1 aromatic rings. The standard InChI is InChI=1S/C14H20N2O5S/c1-9-13(7-12(21-9)14(17)20-2)22(18,19)16-6-5-10-3-4-11(8-16)15-10/h7,10-11,15H,3-6,8H2,1-2H3. The molecule has 0 radical (unpaired) electrons. The lowest BCUT2D eigenvalue weighted by molar-refractivity contribution is 0.0563. The number of methoxy groups -OCH3 is 1. The fourth-order valence-corrected chi connectivity index (χ4v) is 4.85. The topological polar surface area (TPSA) is 88.9 Å². The van der Waals surface area contributed by atoms with Gasteiger partial charge in [0.15, 0.2) is 0 Å². The summed E-state index contributed by atoms with van der Waals surface area (Å²) in [6.07, 6.45) is 2.90. The summed E-state index contributed by atoms with van der Waals surface area (Å²) in [6, 6.07) is 1.86. The van der Waals surface area contributed by atoms with Crippen LogP contribution >= 0.6 is 0 Å². The summed E-state index contributed by atoms with van der Waals surface area (Å²) < 4.78 is 37.0. The van der Waals surface area contributed by atoms with Crippen molar-refractivity contribution < 1.29 is 22.4 Å². The molecule has 1 N–H and O–H groups in total. The summed E-state index contributed by atoms with van der Waals surface area (Å²) in [5.74, 6) is -0.558. The number of nitrogens with zero attached hydrogens (tertiary/aromatic N) is 1. The van der Waals surface area contributed by atoms with Crippen LogP contribution in [-0.4, -0.2) is 51.0 Å². The van der Waals surface area contributed by atoms with Gasteiger partial charge in [0.2, 0.25) is 15.8 Å². The number of sulfonamides is 1. The number of esters is 1. The van der Waals surface area contributed by atoms with Crippen molar-refractivity contribution in [2.75, 3.05) is 20.2 Å². The van der Waals surface area contributed by atoms with Gasteiger partial charge in [0.1, 0.15) is 10.7 Å². The van der Waals surface area contributed by atoms with Gasteiger partial charge in [-0.3, -0.25) is 0 Å². The van der Waals surface area contributed by atoms with Gasteiger partial charge in [0, 0.05) is 31.2 Å². The second-order valence-electron chi connectivity index (χ2n) is 5.81. The summed E-state index contributed by atoms with van der Waals surface area (Å²) in [5, 5.41) is 3.45. The van der Waals surface area contributed by atoms with Crippen molar-refractivity contribution in [2.24, 2.45) is 0 Å². The molecule has 2 fully saturated rings. The van der Waals surface area contributed by atoms with E-state index >= 15 is 0 Å². The van der Waals surface area contributed by atoms with Crippen LogP contribution in [0.3, 0.4) is 0 Å². The van der Waals surface area contributed by atoms with E-state index in [-0.39, 0.29) is 22.5 Å². The van der Waals surface area contributed by atoms with Crippen LogP contribution in [0.5, 0.6) is 0 Å². The van der Waals surface area contributed by atoms with Gasteiger partial charge in [-0.25, -0.2) is 13.2 Å². The first-order valence-electron chi connectivity index (χ1n) is 7.36. The van der Waals surface area contributed by atoms with Crippen LogP contribution in [0, 0.1) is 6.92 Å². The molecule has 0 aliphatic carbocycles. The zero-order chi connectivity index (χ0) is 15.9. The third-order valence-electron chi connectivity index (χ3n) is 4.36. The van der Waals surface area contributed by atoms with E-state index in [0.29, 0.717) is 19.1 Å². The number of aryl methyl sites for hydroxylation is 1. The van der Waals surface area contributed by atoms with Crippen LogP contribution in [0.2, 0.25) is 0 Å². The second kappa shape index (κ2) is 5.68. The third kappa shape index (κ3) is 2.66. The van der Waals surface area contributed by atoms with Crippen LogP contribution in [0.4, 0.5) is 0 Å². The number of furan rings is 1. The highest BCUT2D eigenvalue weighted by atomic mass is 32.2. The zero-order valence-electron chi connectivity index (χ0n) is 12.7. The molecule has 2 saturated heterocycles. The van der Waals surface area contributed by atoms with Gasteiger partial charge in [-0.1, -0.05) is 0 Å². The smallest absolute Gasteiger partial charge is 0.373 e. The highest BCUT2D eigenvalue weighted by Crippen LogP contribution is 2.28. The van der Waals surface area contributed by atoms with Gasteiger partial charge in [-0.2, -0.15) is 4.31 Å². The van der Waals surface area contributed by atoms with E-state index in [1.807, 2.05) is 0 Å². The highest BCUT2D eigenvalue weighted by Gasteiger charge is 2.36. The molecule has 3 heterocycles. The lowest BCUT2D eigenvalue weighted by Gasteiger charge is -2.23. The van der Waals surface area contributed by atoms with Gasteiger partial charge >= 0.3 is 5.97 Å².